The first-order valence-corrected chi connectivity index (χ1v) is 13.3. The van der Waals surface area contributed by atoms with Gasteiger partial charge in [-0.1, -0.05) is 47.5 Å². The molecule has 144 valence electrons. The highest BCUT2D eigenvalue weighted by molar-refractivity contribution is 14.2. The standard InChI is InChI=1S/C18H14I4O4S/c1-11-5-3-7-13(9-11)15(23)17(19,20)27(25,26)18(21,22)16(24)14-8-4-6-12(2)10-14/h3-10H,1-2H3. The van der Waals surface area contributed by atoms with Crippen LogP contribution in [0.15, 0.2) is 48.5 Å². The van der Waals surface area contributed by atoms with Gasteiger partial charge in [-0.15, -0.1) is 0 Å². The minimum Gasteiger partial charge on any atom is -0.291 e. The Morgan fingerprint density at radius 3 is 1.37 bits per heavy atom. The van der Waals surface area contributed by atoms with Crippen molar-refractivity contribution in [2.24, 2.45) is 0 Å². The molecule has 0 aromatic heterocycles. The molecule has 2 aromatic rings. The summed E-state index contributed by atoms with van der Waals surface area (Å²) in [7, 11) is -4.21. The highest BCUT2D eigenvalue weighted by atomic mass is 127. The second-order valence-corrected chi connectivity index (χ2v) is 21.7. The molecule has 0 atom stereocenters. The average Bonchev–Trinajstić information content (AvgIpc) is 2.59. The van der Waals surface area contributed by atoms with E-state index in [4.69, 9.17) is 0 Å². The molecule has 0 aliphatic heterocycles. The molecule has 0 heterocycles. The zero-order valence-corrected chi connectivity index (χ0v) is 23.6. The number of ketones is 2. The van der Waals surface area contributed by atoms with Crippen LogP contribution in [0.25, 0.3) is 0 Å². The van der Waals surface area contributed by atoms with Gasteiger partial charge in [0.05, 0.1) is 0 Å². The number of rotatable bonds is 6. The minimum absolute atomic E-state index is 0.300. The third-order valence-electron chi connectivity index (χ3n) is 3.76. The molecule has 27 heavy (non-hydrogen) atoms. The molecule has 9 heteroatoms. The third kappa shape index (κ3) is 4.71. The van der Waals surface area contributed by atoms with Crippen LogP contribution in [0.2, 0.25) is 0 Å². The van der Waals surface area contributed by atoms with E-state index < -0.39 is 22.9 Å². The largest absolute Gasteiger partial charge is 0.291 e. The Balaban J connectivity index is 2.50. The van der Waals surface area contributed by atoms with Crippen molar-refractivity contribution >= 4 is 112 Å². The molecule has 4 nitrogen and oxygen atoms in total. The van der Waals surface area contributed by atoms with Gasteiger partial charge in [0.15, 0.2) is 0 Å². The number of hydrogen-bond acceptors (Lipinski definition) is 4. The van der Waals surface area contributed by atoms with Crippen LogP contribution in [0, 0.1) is 13.8 Å². The van der Waals surface area contributed by atoms with Gasteiger partial charge in [-0.25, -0.2) is 8.42 Å². The van der Waals surface area contributed by atoms with E-state index >= 15 is 0 Å². The molecule has 0 saturated carbocycles. The first-order chi connectivity index (χ1) is 12.3. The lowest BCUT2D eigenvalue weighted by Gasteiger charge is -2.28. The summed E-state index contributed by atoms with van der Waals surface area (Å²) in [6.07, 6.45) is 0. The second-order valence-electron chi connectivity index (χ2n) is 5.93. The Morgan fingerprint density at radius 2 is 1.07 bits per heavy atom. The van der Waals surface area contributed by atoms with Gasteiger partial charge in [-0.05, 0) is 116 Å². The normalized spacial score (nSPS) is 12.7. The molecule has 0 spiro atoms. The molecule has 2 rings (SSSR count). The fraction of sp³-hybridized carbons (Fsp3) is 0.222. The SMILES string of the molecule is Cc1cccc(C(=O)C(I)(I)S(=O)(=O)C(I)(I)C(=O)c2cccc(C)c2)c1. The number of carbonyl (C=O) groups excluding carboxylic acids is 2. The molecule has 0 amide bonds. The van der Waals surface area contributed by atoms with E-state index in [1.165, 1.54) is 0 Å². The molecule has 0 aliphatic carbocycles. The van der Waals surface area contributed by atoms with Gasteiger partial charge in [0.2, 0.25) is 22.9 Å². The van der Waals surface area contributed by atoms with Crippen molar-refractivity contribution in [2.45, 2.75) is 15.4 Å². The lowest BCUT2D eigenvalue weighted by Crippen LogP contribution is -2.47. The quantitative estimate of drug-likeness (QED) is 0.209. The second kappa shape index (κ2) is 8.79. The fourth-order valence-corrected chi connectivity index (χ4v) is 13.6. The van der Waals surface area contributed by atoms with E-state index in [2.05, 4.69) is 0 Å². The summed E-state index contributed by atoms with van der Waals surface area (Å²) in [4.78, 5) is 26.0. The van der Waals surface area contributed by atoms with Gasteiger partial charge in [-0.3, -0.25) is 9.59 Å². The summed E-state index contributed by atoms with van der Waals surface area (Å²) >= 11 is 6.53. The first-order valence-electron chi connectivity index (χ1n) is 7.55. The molecule has 0 fully saturated rings. The molecular weight excluding hydrogens is 820 g/mol. The predicted molar refractivity (Wildman–Crippen MR) is 141 cm³/mol. The van der Waals surface area contributed by atoms with Gasteiger partial charge in [0, 0.05) is 11.1 Å². The van der Waals surface area contributed by atoms with Crippen molar-refractivity contribution in [3.63, 3.8) is 0 Å². The van der Waals surface area contributed by atoms with Crippen LogP contribution in [0.5, 0.6) is 0 Å². The zero-order valence-electron chi connectivity index (χ0n) is 14.2. The number of sulfone groups is 1. The zero-order chi connectivity index (χ0) is 20.6. The summed E-state index contributed by atoms with van der Waals surface area (Å²) in [5, 5.41) is 0. The molecule has 0 unspecified atom stereocenters. The Labute approximate surface area is 213 Å². The molecular formula is C18H14I4O4S. The van der Waals surface area contributed by atoms with Gasteiger partial charge in [0.25, 0.3) is 0 Å². The molecule has 2 aromatic carbocycles. The fourth-order valence-electron chi connectivity index (χ4n) is 2.31. The van der Waals surface area contributed by atoms with Gasteiger partial charge in [0.1, 0.15) is 0 Å². The summed E-state index contributed by atoms with van der Waals surface area (Å²) < 4.78 is 23.2. The summed E-state index contributed by atoms with van der Waals surface area (Å²) in [6, 6.07) is 13.5. The number of alkyl halides is 4. The number of benzene rings is 2. The topological polar surface area (TPSA) is 68.3 Å². The van der Waals surface area contributed by atoms with E-state index in [0.717, 1.165) is 11.1 Å². The van der Waals surface area contributed by atoms with Crippen molar-refractivity contribution in [1.29, 1.82) is 0 Å². The van der Waals surface area contributed by atoms with Crippen molar-refractivity contribution in [3.8, 4) is 0 Å². The Hall–Kier alpha value is 0.650. The van der Waals surface area contributed by atoms with Crippen LogP contribution in [0.3, 0.4) is 0 Å². The van der Waals surface area contributed by atoms with Crippen LogP contribution in [0.4, 0.5) is 0 Å². The van der Waals surface area contributed by atoms with Crippen molar-refractivity contribution in [3.05, 3.63) is 70.8 Å². The van der Waals surface area contributed by atoms with Gasteiger partial charge < -0.3 is 0 Å². The van der Waals surface area contributed by atoms with E-state index in [9.17, 15) is 18.0 Å². The number of aryl methyl sites for hydroxylation is 2. The third-order valence-corrected chi connectivity index (χ3v) is 14.4. The van der Waals surface area contributed by atoms with E-state index in [1.54, 1.807) is 127 Å². The number of halogens is 4. The molecule has 0 aliphatic rings. The van der Waals surface area contributed by atoms with Crippen LogP contribution in [-0.2, 0) is 9.84 Å². The Kier molecular flexibility index (Phi) is 7.79. The maximum absolute atomic E-state index is 13.4. The molecule has 0 radical (unpaired) electrons. The van der Waals surface area contributed by atoms with Crippen LogP contribution < -0.4 is 0 Å². The monoisotopic (exact) mass is 834 g/mol. The lowest BCUT2D eigenvalue weighted by molar-refractivity contribution is 0.101. The Bertz CT molecular complexity index is 938. The maximum atomic E-state index is 13.4. The molecule has 0 saturated heterocycles. The predicted octanol–water partition coefficient (Wildman–Crippen LogP) is 5.83. The lowest BCUT2D eigenvalue weighted by atomic mass is 10.1. The van der Waals surface area contributed by atoms with Gasteiger partial charge in [-0.2, -0.15) is 0 Å². The van der Waals surface area contributed by atoms with E-state index in [1.807, 2.05) is 26.0 Å². The Morgan fingerprint density at radius 1 is 0.741 bits per heavy atom. The van der Waals surface area contributed by atoms with Gasteiger partial charge >= 0.3 is 0 Å². The van der Waals surface area contributed by atoms with Crippen LogP contribution in [-0.4, -0.2) is 21.5 Å². The average molecular weight is 834 g/mol. The van der Waals surface area contributed by atoms with Crippen molar-refractivity contribution in [2.75, 3.05) is 0 Å². The molecule has 0 bridgehead atoms. The highest BCUT2D eigenvalue weighted by Crippen LogP contribution is 2.50. The van der Waals surface area contributed by atoms with Crippen LogP contribution >= 0.6 is 90.4 Å². The number of Topliss-reactive ketones (excluding diaryl/α,β-unsaturated/α-hetero) is 2. The highest BCUT2D eigenvalue weighted by Gasteiger charge is 2.59. The number of hydrogen-bond donors (Lipinski definition) is 0. The van der Waals surface area contributed by atoms with Crippen LogP contribution in [0.1, 0.15) is 31.8 Å². The first kappa shape index (κ1) is 23.9. The smallest absolute Gasteiger partial charge is 0.238 e. The van der Waals surface area contributed by atoms with Crippen molar-refractivity contribution < 1.29 is 18.0 Å². The van der Waals surface area contributed by atoms with E-state index in [-0.39, 0.29) is 0 Å². The number of carbonyl (C=O) groups is 2. The maximum Gasteiger partial charge on any atom is 0.238 e. The molecule has 0 N–H and O–H groups in total. The van der Waals surface area contributed by atoms with Crippen molar-refractivity contribution in [1.82, 2.24) is 0 Å². The summed E-state index contributed by atoms with van der Waals surface area (Å²) in [6.45, 7) is 3.66. The summed E-state index contributed by atoms with van der Waals surface area (Å²) in [5.41, 5.74) is 2.31. The summed E-state index contributed by atoms with van der Waals surface area (Å²) in [5.74, 6) is -1.11. The van der Waals surface area contributed by atoms with E-state index in [0.29, 0.717) is 11.1 Å². The minimum atomic E-state index is -4.21.